The first kappa shape index (κ1) is 22.9. The van der Waals surface area contributed by atoms with Gasteiger partial charge in [0, 0.05) is 6.54 Å². The Morgan fingerprint density at radius 1 is 0.731 bits per heavy atom. The molecule has 4 aliphatic heterocycles. The van der Waals surface area contributed by atoms with Crippen LogP contribution in [0.15, 0.2) is 0 Å². The highest BCUT2D eigenvalue weighted by Crippen LogP contribution is 2.40. The summed E-state index contributed by atoms with van der Waals surface area (Å²) in [7, 11) is 4.18. The molecule has 1 atom stereocenters. The highest BCUT2D eigenvalue weighted by Gasteiger charge is 2.46. The van der Waals surface area contributed by atoms with Gasteiger partial charge in [-0.25, -0.2) is 0 Å². The second kappa shape index (κ2) is 9.18. The van der Waals surface area contributed by atoms with Crippen LogP contribution in [0, 0.1) is 10.8 Å². The lowest BCUT2D eigenvalue weighted by Crippen LogP contribution is -2.43. The van der Waals surface area contributed by atoms with Gasteiger partial charge in [0.05, 0.1) is 24.0 Å². The van der Waals surface area contributed by atoms with Crippen LogP contribution in [-0.2, 0) is 19.1 Å². The minimum absolute atomic E-state index is 0. The van der Waals surface area contributed by atoms with Gasteiger partial charge in [-0.1, -0.05) is 14.9 Å². The van der Waals surface area contributed by atoms with Gasteiger partial charge in [0.2, 0.25) is 0 Å². The molecule has 1 unspecified atom stereocenters. The molecule has 0 saturated carbocycles. The fraction of sp³-hybridized carbons (Fsp3) is 0.900. The van der Waals surface area contributed by atoms with E-state index in [2.05, 4.69) is 23.9 Å². The Balaban J connectivity index is 0.000000241. The summed E-state index contributed by atoms with van der Waals surface area (Å²) in [4.78, 5) is 27.4. The highest BCUT2D eigenvalue weighted by molar-refractivity contribution is 5.79. The van der Waals surface area contributed by atoms with Crippen LogP contribution in [0.5, 0.6) is 0 Å². The number of hydrogen-bond donors (Lipinski definition) is 0. The van der Waals surface area contributed by atoms with Crippen LogP contribution in [0.1, 0.15) is 53.4 Å². The molecule has 0 radical (unpaired) electrons. The summed E-state index contributed by atoms with van der Waals surface area (Å²) in [6.07, 6.45) is 6.00. The van der Waals surface area contributed by atoms with Gasteiger partial charge >= 0.3 is 11.9 Å². The Bertz CT molecular complexity index is 488. The summed E-state index contributed by atoms with van der Waals surface area (Å²) in [5, 5.41) is 0. The predicted molar refractivity (Wildman–Crippen MR) is 103 cm³/mol. The number of esters is 2. The van der Waals surface area contributed by atoms with Crippen molar-refractivity contribution in [2.24, 2.45) is 10.8 Å². The fourth-order valence-electron chi connectivity index (χ4n) is 4.42. The average Bonchev–Trinajstić information content (AvgIpc) is 3.08. The van der Waals surface area contributed by atoms with Crippen molar-refractivity contribution >= 4 is 11.9 Å². The molecule has 0 amide bonds. The van der Waals surface area contributed by atoms with Crippen molar-refractivity contribution in [1.82, 2.24) is 9.80 Å². The molecule has 4 rings (SSSR count). The number of rotatable bonds is 0. The van der Waals surface area contributed by atoms with Crippen LogP contribution in [0.4, 0.5) is 0 Å². The van der Waals surface area contributed by atoms with Crippen LogP contribution in [0.25, 0.3) is 0 Å². The number of likely N-dealkylation sites (tertiary alicyclic amines) is 2. The van der Waals surface area contributed by atoms with E-state index < -0.39 is 0 Å². The lowest BCUT2D eigenvalue weighted by molar-refractivity contribution is -0.149. The summed E-state index contributed by atoms with van der Waals surface area (Å²) in [5.41, 5.74) is -0.223. The first-order valence-corrected chi connectivity index (χ1v) is 9.17. The van der Waals surface area contributed by atoms with Crippen molar-refractivity contribution in [3.8, 4) is 0 Å². The van der Waals surface area contributed by atoms with E-state index in [0.29, 0.717) is 13.2 Å². The third-order valence-electron chi connectivity index (χ3n) is 6.21. The molecule has 152 valence electrons. The van der Waals surface area contributed by atoms with E-state index in [4.69, 9.17) is 9.47 Å². The van der Waals surface area contributed by atoms with Gasteiger partial charge in [-0.2, -0.15) is 0 Å². The molecular formula is C20H38N2O4. The van der Waals surface area contributed by atoms with Crippen LogP contribution in [-0.4, -0.2) is 75.2 Å². The third-order valence-corrected chi connectivity index (χ3v) is 6.21. The number of ether oxygens (including phenoxy) is 2. The van der Waals surface area contributed by atoms with E-state index in [1.807, 2.05) is 0 Å². The Morgan fingerprint density at radius 3 is 1.73 bits per heavy atom. The summed E-state index contributed by atoms with van der Waals surface area (Å²) in [6, 6.07) is 0. The lowest BCUT2D eigenvalue weighted by atomic mass is 9.77. The van der Waals surface area contributed by atoms with Crippen molar-refractivity contribution in [3.05, 3.63) is 0 Å². The van der Waals surface area contributed by atoms with E-state index >= 15 is 0 Å². The first-order valence-electron chi connectivity index (χ1n) is 9.17. The van der Waals surface area contributed by atoms with E-state index in [0.717, 1.165) is 64.7 Å². The predicted octanol–water partition coefficient (Wildman–Crippen LogP) is 2.56. The normalized spacial score (nSPS) is 30.7. The zero-order valence-electron chi connectivity index (χ0n) is 15.0. The van der Waals surface area contributed by atoms with Gasteiger partial charge in [0.15, 0.2) is 0 Å². The molecule has 4 aliphatic rings. The van der Waals surface area contributed by atoms with Crippen molar-refractivity contribution in [3.63, 3.8) is 0 Å². The van der Waals surface area contributed by atoms with Crippen LogP contribution >= 0.6 is 0 Å². The molecule has 4 fully saturated rings. The fourth-order valence-corrected chi connectivity index (χ4v) is 4.42. The summed E-state index contributed by atoms with van der Waals surface area (Å²) < 4.78 is 10.1. The maximum absolute atomic E-state index is 11.4. The number of carbonyl (C=O) groups is 2. The number of nitrogens with zero attached hydrogens (tertiary/aromatic N) is 2. The van der Waals surface area contributed by atoms with Gasteiger partial charge in [-0.05, 0) is 72.3 Å². The molecule has 0 aliphatic carbocycles. The molecule has 26 heavy (non-hydrogen) atoms. The van der Waals surface area contributed by atoms with Gasteiger partial charge in [-0.3, -0.25) is 9.59 Å². The Morgan fingerprint density at radius 2 is 1.27 bits per heavy atom. The van der Waals surface area contributed by atoms with Crippen LogP contribution in [0.3, 0.4) is 0 Å². The minimum Gasteiger partial charge on any atom is -0.465 e. The second-order valence-corrected chi connectivity index (χ2v) is 7.98. The van der Waals surface area contributed by atoms with Crippen molar-refractivity contribution in [1.29, 1.82) is 0 Å². The SMILES string of the molecule is C.C.CN1CCC2(CCOC2=O)CC1.CN1CCCC2(CCOC2=O)C1. The first-order chi connectivity index (χ1) is 11.5. The molecule has 0 aromatic rings. The Kier molecular flexibility index (Phi) is 8.08. The average molecular weight is 371 g/mol. The van der Waals surface area contributed by atoms with Crippen LogP contribution in [0.2, 0.25) is 0 Å². The number of carbonyl (C=O) groups excluding carboxylic acids is 2. The standard InChI is InChI=1S/2C9H15NO2.2CH4/c1-10-5-2-9(3-6-10)4-7-12-8(9)11;1-10-5-2-3-9(7-10)4-6-12-8(9)11;;/h2*2-7H2,1H3;2*1H4. The molecule has 4 saturated heterocycles. The molecule has 0 bridgehead atoms. The largest absolute Gasteiger partial charge is 0.465 e. The van der Waals surface area contributed by atoms with Crippen molar-refractivity contribution in [2.45, 2.75) is 53.4 Å². The summed E-state index contributed by atoms with van der Waals surface area (Å²) >= 11 is 0. The van der Waals surface area contributed by atoms with Gasteiger partial charge in [-0.15, -0.1) is 0 Å². The molecule has 4 heterocycles. The van der Waals surface area contributed by atoms with E-state index in [1.165, 1.54) is 0 Å². The second-order valence-electron chi connectivity index (χ2n) is 7.98. The zero-order chi connectivity index (χ0) is 17.2. The molecular weight excluding hydrogens is 332 g/mol. The monoisotopic (exact) mass is 370 g/mol. The molecule has 0 aromatic heterocycles. The highest BCUT2D eigenvalue weighted by atomic mass is 16.5. The Hall–Kier alpha value is -1.14. The van der Waals surface area contributed by atoms with E-state index in [-0.39, 0.29) is 37.6 Å². The molecule has 6 heteroatoms. The molecule has 2 spiro atoms. The number of piperidine rings is 2. The minimum atomic E-state index is -0.132. The molecule has 0 aromatic carbocycles. The molecule has 6 nitrogen and oxygen atoms in total. The summed E-state index contributed by atoms with van der Waals surface area (Å²) in [6.45, 7) is 5.36. The van der Waals surface area contributed by atoms with E-state index in [1.54, 1.807) is 0 Å². The zero-order valence-corrected chi connectivity index (χ0v) is 15.0. The Labute approximate surface area is 159 Å². The van der Waals surface area contributed by atoms with Crippen molar-refractivity contribution in [2.75, 3.05) is 53.5 Å². The smallest absolute Gasteiger partial charge is 0.313 e. The van der Waals surface area contributed by atoms with Crippen molar-refractivity contribution < 1.29 is 19.1 Å². The maximum atomic E-state index is 11.4. The van der Waals surface area contributed by atoms with Crippen LogP contribution < -0.4 is 0 Å². The summed E-state index contributed by atoms with van der Waals surface area (Å²) in [5.74, 6) is 0.0876. The number of hydrogen-bond acceptors (Lipinski definition) is 6. The number of cyclic esters (lactones) is 2. The topological polar surface area (TPSA) is 59.1 Å². The lowest BCUT2D eigenvalue weighted by Gasteiger charge is -2.35. The van der Waals surface area contributed by atoms with E-state index in [9.17, 15) is 9.59 Å². The van der Waals surface area contributed by atoms with Gasteiger partial charge < -0.3 is 19.3 Å². The molecule has 0 N–H and O–H groups in total. The quantitative estimate of drug-likeness (QED) is 0.611. The van der Waals surface area contributed by atoms with Gasteiger partial charge in [0.25, 0.3) is 0 Å². The van der Waals surface area contributed by atoms with Gasteiger partial charge in [0.1, 0.15) is 0 Å². The third kappa shape index (κ3) is 4.58. The maximum Gasteiger partial charge on any atom is 0.313 e.